The minimum atomic E-state index is -0.0792. The van der Waals surface area contributed by atoms with Crippen LogP contribution in [-0.4, -0.2) is 18.7 Å². The number of nitrogens with one attached hydrogen (secondary N) is 1. The van der Waals surface area contributed by atoms with E-state index in [2.05, 4.69) is 49.8 Å². The normalized spacial score (nSPS) is 13.7. The SMILES string of the molecule is C=CCOc1c(Br)cc(C=Nc2sc3c(c2C(=O)Nc2cc(C)ccc2C)CCCCCC3)cc1Br. The second-order valence-corrected chi connectivity index (χ2v) is 11.8. The Morgan fingerprint density at radius 2 is 1.83 bits per heavy atom. The van der Waals surface area contributed by atoms with Crippen LogP contribution in [0.5, 0.6) is 5.75 Å². The molecule has 4 rings (SSSR count). The van der Waals surface area contributed by atoms with Gasteiger partial charge < -0.3 is 10.1 Å². The summed E-state index contributed by atoms with van der Waals surface area (Å²) in [5.41, 5.74) is 5.81. The van der Waals surface area contributed by atoms with Gasteiger partial charge in [-0.05, 0) is 112 Å². The zero-order chi connectivity index (χ0) is 25.7. The van der Waals surface area contributed by atoms with Gasteiger partial charge in [-0.2, -0.15) is 0 Å². The molecule has 1 aliphatic rings. The molecule has 7 heteroatoms. The maximum Gasteiger partial charge on any atom is 0.259 e. The predicted octanol–water partition coefficient (Wildman–Crippen LogP) is 9.12. The summed E-state index contributed by atoms with van der Waals surface area (Å²) in [6.07, 6.45) is 10.2. The van der Waals surface area contributed by atoms with Gasteiger partial charge in [-0.1, -0.05) is 37.6 Å². The number of hydrogen-bond donors (Lipinski definition) is 1. The number of fused-ring (bicyclic) bond motifs is 1. The number of aliphatic imine (C=N–C) groups is 1. The van der Waals surface area contributed by atoms with E-state index in [1.54, 1.807) is 17.4 Å². The predicted molar refractivity (Wildman–Crippen MR) is 159 cm³/mol. The molecule has 0 saturated heterocycles. The quantitative estimate of drug-likeness (QED) is 0.209. The van der Waals surface area contributed by atoms with Crippen LogP contribution in [0.25, 0.3) is 0 Å². The maximum absolute atomic E-state index is 13.7. The molecular formula is C29H30Br2N2O2S. The summed E-state index contributed by atoms with van der Waals surface area (Å²) in [7, 11) is 0. The van der Waals surface area contributed by atoms with E-state index in [1.807, 2.05) is 44.3 Å². The number of thiophene rings is 1. The third-order valence-corrected chi connectivity index (χ3v) is 8.60. The first-order valence-electron chi connectivity index (χ1n) is 12.2. The lowest BCUT2D eigenvalue weighted by molar-refractivity contribution is 0.102. The van der Waals surface area contributed by atoms with Crippen LogP contribution in [0.15, 0.2) is 56.9 Å². The van der Waals surface area contributed by atoms with Gasteiger partial charge in [0.15, 0.2) is 0 Å². The molecule has 4 nitrogen and oxygen atoms in total. The van der Waals surface area contributed by atoms with Crippen molar-refractivity contribution >= 4 is 66.0 Å². The number of anilines is 1. The van der Waals surface area contributed by atoms with Gasteiger partial charge in [-0.25, -0.2) is 4.99 Å². The van der Waals surface area contributed by atoms with Crippen molar-refractivity contribution in [1.82, 2.24) is 0 Å². The zero-order valence-electron chi connectivity index (χ0n) is 20.6. The van der Waals surface area contributed by atoms with Gasteiger partial charge in [0.2, 0.25) is 0 Å². The van der Waals surface area contributed by atoms with Crippen molar-refractivity contribution in [3.63, 3.8) is 0 Å². The first-order valence-corrected chi connectivity index (χ1v) is 14.6. The molecule has 1 aromatic heterocycles. The van der Waals surface area contributed by atoms with Crippen LogP contribution < -0.4 is 10.1 Å². The molecule has 36 heavy (non-hydrogen) atoms. The summed E-state index contributed by atoms with van der Waals surface area (Å²) >= 11 is 8.84. The minimum absolute atomic E-state index is 0.0792. The fraction of sp³-hybridized carbons (Fsp3) is 0.310. The first kappa shape index (κ1) is 26.8. The molecule has 1 amide bonds. The molecule has 1 heterocycles. The molecule has 1 aliphatic carbocycles. The Labute approximate surface area is 234 Å². The Bertz CT molecular complexity index is 1290. The highest BCUT2D eigenvalue weighted by atomic mass is 79.9. The Morgan fingerprint density at radius 1 is 1.11 bits per heavy atom. The number of ether oxygens (including phenoxy) is 1. The number of halogens is 2. The van der Waals surface area contributed by atoms with Gasteiger partial charge in [0.05, 0.1) is 14.5 Å². The average molecular weight is 630 g/mol. The highest BCUT2D eigenvalue weighted by Gasteiger charge is 2.24. The number of carbonyl (C=O) groups is 1. The van der Waals surface area contributed by atoms with Crippen molar-refractivity contribution in [2.45, 2.75) is 52.4 Å². The molecule has 2 aromatic carbocycles. The van der Waals surface area contributed by atoms with Gasteiger partial charge in [-0.3, -0.25) is 4.79 Å². The van der Waals surface area contributed by atoms with Crippen LogP contribution in [0, 0.1) is 13.8 Å². The van der Waals surface area contributed by atoms with Crippen molar-refractivity contribution in [3.8, 4) is 5.75 Å². The van der Waals surface area contributed by atoms with E-state index in [-0.39, 0.29) is 5.91 Å². The molecular weight excluding hydrogens is 600 g/mol. The number of carbonyl (C=O) groups excluding carboxylic acids is 1. The van der Waals surface area contributed by atoms with Crippen LogP contribution in [0.4, 0.5) is 10.7 Å². The number of aryl methyl sites for hydroxylation is 3. The van der Waals surface area contributed by atoms with Gasteiger partial charge >= 0.3 is 0 Å². The van der Waals surface area contributed by atoms with E-state index in [9.17, 15) is 4.79 Å². The third kappa shape index (κ3) is 6.36. The van der Waals surface area contributed by atoms with E-state index in [4.69, 9.17) is 9.73 Å². The lowest BCUT2D eigenvalue weighted by Crippen LogP contribution is -2.15. The molecule has 0 radical (unpaired) electrons. The molecule has 0 aliphatic heterocycles. The Kier molecular flexibility index (Phi) is 9.20. The summed E-state index contributed by atoms with van der Waals surface area (Å²) in [5, 5.41) is 3.95. The summed E-state index contributed by atoms with van der Waals surface area (Å²) in [4.78, 5) is 19.8. The van der Waals surface area contributed by atoms with Crippen molar-refractivity contribution in [1.29, 1.82) is 0 Å². The molecule has 0 spiro atoms. The lowest BCUT2D eigenvalue weighted by Gasteiger charge is -2.13. The zero-order valence-corrected chi connectivity index (χ0v) is 24.6. The molecule has 3 aromatic rings. The second kappa shape index (κ2) is 12.3. The average Bonchev–Trinajstić information content (AvgIpc) is 3.16. The van der Waals surface area contributed by atoms with E-state index in [1.165, 1.54) is 23.3 Å². The number of rotatable bonds is 7. The number of amides is 1. The molecule has 0 fully saturated rings. The van der Waals surface area contributed by atoms with Crippen LogP contribution >= 0.6 is 43.2 Å². The molecule has 0 saturated carbocycles. The van der Waals surface area contributed by atoms with Crippen molar-refractivity contribution < 1.29 is 9.53 Å². The summed E-state index contributed by atoms with van der Waals surface area (Å²) in [6.45, 7) is 8.18. The summed E-state index contributed by atoms with van der Waals surface area (Å²) in [6, 6.07) is 10.1. The molecule has 0 unspecified atom stereocenters. The largest absolute Gasteiger partial charge is 0.487 e. The van der Waals surface area contributed by atoms with Gasteiger partial charge in [0, 0.05) is 16.8 Å². The highest BCUT2D eigenvalue weighted by molar-refractivity contribution is 9.11. The minimum Gasteiger partial charge on any atom is -0.487 e. The van der Waals surface area contributed by atoms with Crippen LogP contribution in [0.1, 0.15) is 63.2 Å². The Hall–Kier alpha value is -2.22. The first-order chi connectivity index (χ1) is 17.4. The van der Waals surface area contributed by atoms with Gasteiger partial charge in [0.25, 0.3) is 5.91 Å². The standard InChI is InChI=1S/C29H30Br2N2O2S/c1-4-13-35-27-22(30)15-20(16-23(27)31)17-32-29-26(21-9-7-5-6-8-10-25(21)36-29)28(34)33-24-14-18(2)11-12-19(24)3/h4,11-12,14-17H,1,5-10,13H2,2-3H3,(H,33,34). The number of hydrogen-bond acceptors (Lipinski definition) is 4. The number of benzene rings is 2. The molecule has 188 valence electrons. The lowest BCUT2D eigenvalue weighted by atomic mass is 9.96. The monoisotopic (exact) mass is 628 g/mol. The Balaban J connectivity index is 1.70. The fourth-order valence-electron chi connectivity index (χ4n) is 4.35. The Morgan fingerprint density at radius 3 is 2.56 bits per heavy atom. The van der Waals surface area contributed by atoms with E-state index >= 15 is 0 Å². The van der Waals surface area contributed by atoms with E-state index < -0.39 is 0 Å². The van der Waals surface area contributed by atoms with Gasteiger partial charge in [0.1, 0.15) is 17.4 Å². The summed E-state index contributed by atoms with van der Waals surface area (Å²) in [5.74, 6) is 0.643. The molecule has 0 bridgehead atoms. The summed E-state index contributed by atoms with van der Waals surface area (Å²) < 4.78 is 7.38. The number of nitrogens with zero attached hydrogens (tertiary/aromatic N) is 1. The van der Waals surface area contributed by atoms with Crippen LogP contribution in [0.3, 0.4) is 0 Å². The van der Waals surface area contributed by atoms with Crippen LogP contribution in [0.2, 0.25) is 0 Å². The topological polar surface area (TPSA) is 50.7 Å². The van der Waals surface area contributed by atoms with E-state index in [0.717, 1.165) is 73.3 Å². The third-order valence-electron chi connectivity index (χ3n) is 6.22. The highest BCUT2D eigenvalue weighted by Crippen LogP contribution is 2.40. The maximum atomic E-state index is 13.7. The van der Waals surface area contributed by atoms with Crippen LogP contribution in [-0.2, 0) is 12.8 Å². The molecule has 0 atom stereocenters. The smallest absolute Gasteiger partial charge is 0.259 e. The van der Waals surface area contributed by atoms with E-state index in [0.29, 0.717) is 6.61 Å². The van der Waals surface area contributed by atoms with Crippen molar-refractivity contribution in [2.24, 2.45) is 4.99 Å². The van der Waals surface area contributed by atoms with Gasteiger partial charge in [-0.15, -0.1) is 11.3 Å². The van der Waals surface area contributed by atoms with Crippen molar-refractivity contribution in [2.75, 3.05) is 11.9 Å². The fourth-order valence-corrected chi connectivity index (χ4v) is 7.03. The van der Waals surface area contributed by atoms with Crippen molar-refractivity contribution in [3.05, 3.63) is 84.6 Å². The molecule has 1 N–H and O–H groups in total. The second-order valence-electron chi connectivity index (χ2n) is 9.04.